The van der Waals surface area contributed by atoms with Crippen LogP contribution in [0.3, 0.4) is 0 Å². The SMILES string of the molecule is C=C(C)/C=C(\C=N/C(=C\C(C)C)c1cnn(CC(F)(F)F)c1)C(/C(=C)C)=C(\C)OC. The van der Waals surface area contributed by atoms with E-state index in [-0.39, 0.29) is 5.92 Å². The first kappa shape index (κ1) is 25.2. The molecule has 0 N–H and O–H groups in total. The zero-order valence-corrected chi connectivity index (χ0v) is 18.5. The molecule has 0 aliphatic carbocycles. The molecule has 1 rings (SSSR count). The standard InChI is InChI=1S/C23H30F3N3O/c1-15(2)9-19(22(17(5)6)18(7)30-8)11-27-21(10-16(3)4)20-12-28-29(13-20)14-23(24,25)26/h9-13,16H,1,5,14H2,2-4,6-8H3/b19-9+,21-10-,22-18+,27-11-. The van der Waals surface area contributed by atoms with Crippen molar-refractivity contribution in [2.24, 2.45) is 10.9 Å². The lowest BCUT2D eigenvalue weighted by atomic mass is 9.97. The fraction of sp³-hybridized carbons (Fsp3) is 0.391. The largest absolute Gasteiger partial charge is 0.501 e. The van der Waals surface area contributed by atoms with Gasteiger partial charge in [-0.25, -0.2) is 0 Å². The Balaban J connectivity index is 3.44. The third-order valence-electron chi connectivity index (χ3n) is 3.88. The summed E-state index contributed by atoms with van der Waals surface area (Å²) in [6.45, 7) is 16.3. The Kier molecular flexibility index (Phi) is 9.08. The summed E-state index contributed by atoms with van der Waals surface area (Å²) in [4.78, 5) is 4.58. The second-order valence-electron chi connectivity index (χ2n) is 7.46. The van der Waals surface area contributed by atoms with Gasteiger partial charge >= 0.3 is 6.18 Å². The zero-order valence-electron chi connectivity index (χ0n) is 18.5. The molecule has 164 valence electrons. The Bertz CT molecular complexity index is 897. The molecule has 7 heteroatoms. The average molecular weight is 422 g/mol. The minimum absolute atomic E-state index is 0.133. The third kappa shape index (κ3) is 8.27. The Morgan fingerprint density at radius 2 is 1.90 bits per heavy atom. The van der Waals surface area contributed by atoms with E-state index in [1.165, 1.54) is 12.4 Å². The molecule has 1 heterocycles. The number of halogens is 3. The fourth-order valence-corrected chi connectivity index (χ4v) is 2.73. The first-order valence-corrected chi connectivity index (χ1v) is 9.47. The molecule has 0 saturated carbocycles. The van der Waals surface area contributed by atoms with Gasteiger partial charge in [0.25, 0.3) is 0 Å². The molecular weight excluding hydrogens is 391 g/mol. The van der Waals surface area contributed by atoms with E-state index < -0.39 is 12.7 Å². The first-order chi connectivity index (χ1) is 13.8. The smallest absolute Gasteiger partial charge is 0.408 e. The van der Waals surface area contributed by atoms with Gasteiger partial charge < -0.3 is 4.74 Å². The van der Waals surface area contributed by atoms with E-state index in [0.29, 0.717) is 17.0 Å². The summed E-state index contributed by atoms with van der Waals surface area (Å²) in [5, 5.41) is 3.82. The molecule has 0 radical (unpaired) electrons. The van der Waals surface area contributed by atoms with Crippen LogP contribution in [0.5, 0.6) is 0 Å². The number of allylic oxidation sites excluding steroid dienone is 7. The van der Waals surface area contributed by atoms with E-state index >= 15 is 0 Å². The van der Waals surface area contributed by atoms with Crippen molar-refractivity contribution in [2.45, 2.75) is 47.3 Å². The molecule has 0 atom stereocenters. The summed E-state index contributed by atoms with van der Waals surface area (Å²) < 4.78 is 44.2. The molecule has 0 spiro atoms. The minimum Gasteiger partial charge on any atom is -0.501 e. The zero-order chi connectivity index (χ0) is 23.1. The van der Waals surface area contributed by atoms with Gasteiger partial charge in [-0.2, -0.15) is 18.3 Å². The van der Waals surface area contributed by atoms with Crippen LogP contribution in [0.4, 0.5) is 13.2 Å². The normalized spacial score (nSPS) is 14.3. The molecule has 0 fully saturated rings. The number of rotatable bonds is 9. The summed E-state index contributed by atoms with van der Waals surface area (Å²) >= 11 is 0. The highest BCUT2D eigenvalue weighted by Gasteiger charge is 2.28. The molecule has 0 aromatic carbocycles. The molecule has 0 aliphatic rings. The lowest BCUT2D eigenvalue weighted by Gasteiger charge is -2.13. The van der Waals surface area contributed by atoms with Crippen LogP contribution < -0.4 is 0 Å². The van der Waals surface area contributed by atoms with Gasteiger partial charge in [0.1, 0.15) is 12.3 Å². The van der Waals surface area contributed by atoms with E-state index in [9.17, 15) is 13.2 Å². The Labute approximate surface area is 176 Å². The summed E-state index contributed by atoms with van der Waals surface area (Å²) in [5.74, 6) is 0.808. The summed E-state index contributed by atoms with van der Waals surface area (Å²) in [5.41, 5.74) is 4.17. The molecule has 30 heavy (non-hydrogen) atoms. The summed E-state index contributed by atoms with van der Waals surface area (Å²) in [7, 11) is 1.58. The number of alkyl halides is 3. The highest BCUT2D eigenvalue weighted by Crippen LogP contribution is 2.25. The molecule has 0 aliphatic heterocycles. The van der Waals surface area contributed by atoms with Crippen molar-refractivity contribution in [2.75, 3.05) is 7.11 Å². The van der Waals surface area contributed by atoms with E-state index in [2.05, 4.69) is 23.2 Å². The van der Waals surface area contributed by atoms with Crippen LogP contribution in [0.1, 0.15) is 40.2 Å². The Morgan fingerprint density at radius 3 is 2.37 bits per heavy atom. The van der Waals surface area contributed by atoms with Gasteiger partial charge in [-0.3, -0.25) is 9.67 Å². The number of hydrogen-bond acceptors (Lipinski definition) is 3. The second-order valence-corrected chi connectivity index (χ2v) is 7.46. The van der Waals surface area contributed by atoms with Crippen LogP contribution in [-0.2, 0) is 11.3 Å². The maximum absolute atomic E-state index is 12.7. The molecule has 0 bridgehead atoms. The van der Waals surface area contributed by atoms with Crippen molar-refractivity contribution in [3.8, 4) is 0 Å². The van der Waals surface area contributed by atoms with Gasteiger partial charge in [0, 0.05) is 29.1 Å². The predicted molar refractivity (Wildman–Crippen MR) is 117 cm³/mol. The molecule has 1 aromatic heterocycles. The molecule has 4 nitrogen and oxygen atoms in total. The second kappa shape index (κ2) is 10.8. The topological polar surface area (TPSA) is 39.4 Å². The lowest BCUT2D eigenvalue weighted by molar-refractivity contribution is -0.142. The summed E-state index contributed by atoms with van der Waals surface area (Å²) in [6.07, 6.45) is 3.76. The van der Waals surface area contributed by atoms with Crippen LogP contribution in [0.15, 0.2) is 70.7 Å². The highest BCUT2D eigenvalue weighted by molar-refractivity contribution is 5.91. The highest BCUT2D eigenvalue weighted by atomic mass is 19.4. The van der Waals surface area contributed by atoms with Crippen LogP contribution in [0, 0.1) is 5.92 Å². The van der Waals surface area contributed by atoms with Crippen molar-refractivity contribution in [3.63, 3.8) is 0 Å². The predicted octanol–water partition coefficient (Wildman–Crippen LogP) is 6.51. The molecule has 0 amide bonds. The first-order valence-electron chi connectivity index (χ1n) is 9.47. The monoisotopic (exact) mass is 421 g/mol. The quantitative estimate of drug-likeness (QED) is 0.259. The number of aliphatic imine (C=N–C) groups is 1. The van der Waals surface area contributed by atoms with Gasteiger partial charge in [0.15, 0.2) is 0 Å². The van der Waals surface area contributed by atoms with E-state index in [1.54, 1.807) is 13.3 Å². The number of aromatic nitrogens is 2. The number of ether oxygens (including phenoxy) is 1. The van der Waals surface area contributed by atoms with Crippen molar-refractivity contribution in [1.29, 1.82) is 0 Å². The number of methoxy groups -OCH3 is 1. The lowest BCUT2D eigenvalue weighted by Crippen LogP contribution is -2.17. The van der Waals surface area contributed by atoms with Crippen LogP contribution in [0.25, 0.3) is 5.70 Å². The molecule has 0 unspecified atom stereocenters. The Hall–Kier alpha value is -2.83. The number of nitrogens with zero attached hydrogens (tertiary/aromatic N) is 3. The molecule has 1 aromatic rings. The number of hydrogen-bond donors (Lipinski definition) is 0. The van der Waals surface area contributed by atoms with Gasteiger partial charge in [-0.1, -0.05) is 44.7 Å². The maximum Gasteiger partial charge on any atom is 0.408 e. The third-order valence-corrected chi connectivity index (χ3v) is 3.88. The molecule has 0 saturated heterocycles. The Morgan fingerprint density at radius 1 is 1.27 bits per heavy atom. The average Bonchev–Trinajstić information content (AvgIpc) is 3.03. The van der Waals surface area contributed by atoms with Crippen molar-refractivity contribution in [3.05, 3.63) is 71.3 Å². The van der Waals surface area contributed by atoms with E-state index in [1.807, 2.05) is 46.8 Å². The van der Waals surface area contributed by atoms with Crippen molar-refractivity contribution < 1.29 is 17.9 Å². The van der Waals surface area contributed by atoms with Crippen molar-refractivity contribution in [1.82, 2.24) is 9.78 Å². The fourth-order valence-electron chi connectivity index (χ4n) is 2.73. The van der Waals surface area contributed by atoms with Gasteiger partial charge in [0.05, 0.1) is 19.0 Å². The van der Waals surface area contributed by atoms with E-state index in [4.69, 9.17) is 4.74 Å². The van der Waals surface area contributed by atoms with Gasteiger partial charge in [0.2, 0.25) is 0 Å². The van der Waals surface area contributed by atoms with Crippen LogP contribution >= 0.6 is 0 Å². The van der Waals surface area contributed by atoms with Crippen LogP contribution in [-0.4, -0.2) is 29.3 Å². The van der Waals surface area contributed by atoms with Crippen molar-refractivity contribution >= 4 is 11.9 Å². The van der Waals surface area contributed by atoms with Gasteiger partial charge in [-0.05, 0) is 32.3 Å². The molecular formula is C23H30F3N3O. The maximum atomic E-state index is 12.7. The van der Waals surface area contributed by atoms with E-state index in [0.717, 1.165) is 27.0 Å². The van der Waals surface area contributed by atoms with Gasteiger partial charge in [-0.15, -0.1) is 0 Å². The summed E-state index contributed by atoms with van der Waals surface area (Å²) in [6, 6.07) is 0. The minimum atomic E-state index is -4.34. The van der Waals surface area contributed by atoms with Crippen LogP contribution in [0.2, 0.25) is 0 Å².